The van der Waals surface area contributed by atoms with Crippen LogP contribution in [-0.2, 0) is 0 Å². The molecule has 114 valence electrons. The summed E-state index contributed by atoms with van der Waals surface area (Å²) in [5, 5.41) is 2.92. The largest absolute Gasteiger partial charge is 0.336 e. The van der Waals surface area contributed by atoms with Crippen molar-refractivity contribution < 1.29 is 4.79 Å². The summed E-state index contributed by atoms with van der Waals surface area (Å²) in [4.78, 5) is 20.2. The van der Waals surface area contributed by atoms with E-state index in [1.54, 1.807) is 0 Å². The Balaban J connectivity index is 1.80. The van der Waals surface area contributed by atoms with E-state index in [0.717, 1.165) is 32.6 Å². The number of hydrogen-bond acceptors (Lipinski definition) is 4. The first kappa shape index (κ1) is 14.3. The van der Waals surface area contributed by atoms with Crippen LogP contribution >= 0.6 is 0 Å². The number of carbonyl (C=O) groups excluding carboxylic acids is 1. The molecule has 1 aromatic rings. The van der Waals surface area contributed by atoms with Gasteiger partial charge in [0.25, 0.3) is 0 Å². The van der Waals surface area contributed by atoms with Gasteiger partial charge in [0.1, 0.15) is 0 Å². The first-order valence-corrected chi connectivity index (χ1v) is 7.64. The van der Waals surface area contributed by atoms with Gasteiger partial charge in [-0.1, -0.05) is 6.92 Å². The molecule has 2 aliphatic rings. The number of rotatable bonds is 4. The quantitative estimate of drug-likeness (QED) is 0.850. The maximum atomic E-state index is 11.7. The van der Waals surface area contributed by atoms with Crippen LogP contribution in [-0.4, -0.2) is 59.1 Å². The molecular weight excluding hydrogens is 266 g/mol. The summed E-state index contributed by atoms with van der Waals surface area (Å²) in [5.41, 5.74) is 7.60. The van der Waals surface area contributed by atoms with E-state index in [0.29, 0.717) is 0 Å². The van der Waals surface area contributed by atoms with Crippen LogP contribution in [0.2, 0.25) is 0 Å². The SMILES string of the molecule is CCC(N)C(c1ccncc1)N1CCN2C(=O)NCC2C1. The first-order chi connectivity index (χ1) is 10.2. The van der Waals surface area contributed by atoms with Gasteiger partial charge in [-0.2, -0.15) is 0 Å². The zero-order valence-corrected chi connectivity index (χ0v) is 12.4. The smallest absolute Gasteiger partial charge is 0.317 e. The number of nitrogens with zero attached hydrogens (tertiary/aromatic N) is 3. The number of amides is 2. The summed E-state index contributed by atoms with van der Waals surface area (Å²) in [7, 11) is 0. The fourth-order valence-electron chi connectivity index (χ4n) is 3.39. The van der Waals surface area contributed by atoms with E-state index in [1.165, 1.54) is 5.56 Å². The third kappa shape index (κ3) is 2.73. The summed E-state index contributed by atoms with van der Waals surface area (Å²) >= 11 is 0. The maximum Gasteiger partial charge on any atom is 0.317 e. The van der Waals surface area contributed by atoms with E-state index in [1.807, 2.05) is 29.4 Å². The summed E-state index contributed by atoms with van der Waals surface area (Å²) in [6.07, 6.45) is 4.57. The Kier molecular flexibility index (Phi) is 4.07. The van der Waals surface area contributed by atoms with Crippen LogP contribution in [0.1, 0.15) is 24.9 Å². The van der Waals surface area contributed by atoms with E-state index in [4.69, 9.17) is 5.73 Å². The molecule has 0 spiro atoms. The Morgan fingerprint density at radius 2 is 2.19 bits per heavy atom. The molecule has 2 saturated heterocycles. The number of fused-ring (bicyclic) bond motifs is 1. The summed E-state index contributed by atoms with van der Waals surface area (Å²) in [6.45, 7) is 5.37. The third-order valence-electron chi connectivity index (χ3n) is 4.58. The van der Waals surface area contributed by atoms with Crippen molar-refractivity contribution in [1.29, 1.82) is 0 Å². The molecule has 1 aromatic heterocycles. The fourth-order valence-corrected chi connectivity index (χ4v) is 3.39. The van der Waals surface area contributed by atoms with Crippen LogP contribution in [0.3, 0.4) is 0 Å². The van der Waals surface area contributed by atoms with Gasteiger partial charge in [0.2, 0.25) is 0 Å². The van der Waals surface area contributed by atoms with Crippen LogP contribution < -0.4 is 11.1 Å². The van der Waals surface area contributed by atoms with Gasteiger partial charge in [-0.05, 0) is 24.1 Å². The molecule has 2 amide bonds. The Hall–Kier alpha value is -1.66. The van der Waals surface area contributed by atoms with E-state index in [2.05, 4.69) is 22.1 Å². The van der Waals surface area contributed by atoms with E-state index in [9.17, 15) is 4.79 Å². The van der Waals surface area contributed by atoms with Crippen molar-refractivity contribution in [2.75, 3.05) is 26.2 Å². The van der Waals surface area contributed by atoms with Gasteiger partial charge in [0, 0.05) is 44.6 Å². The number of nitrogens with one attached hydrogen (secondary N) is 1. The first-order valence-electron chi connectivity index (χ1n) is 7.64. The maximum absolute atomic E-state index is 11.7. The van der Waals surface area contributed by atoms with Gasteiger partial charge in [-0.3, -0.25) is 9.88 Å². The highest BCUT2D eigenvalue weighted by atomic mass is 16.2. The Bertz CT molecular complexity index is 494. The minimum absolute atomic E-state index is 0.0694. The second kappa shape index (κ2) is 5.99. The van der Waals surface area contributed by atoms with E-state index in [-0.39, 0.29) is 24.2 Å². The topological polar surface area (TPSA) is 74.5 Å². The highest BCUT2D eigenvalue weighted by Gasteiger charge is 2.38. The zero-order chi connectivity index (χ0) is 14.8. The number of hydrogen-bond donors (Lipinski definition) is 2. The van der Waals surface area contributed by atoms with Crippen LogP contribution in [0, 0.1) is 0 Å². The number of pyridine rings is 1. The van der Waals surface area contributed by atoms with Crippen molar-refractivity contribution in [2.24, 2.45) is 5.73 Å². The normalized spacial score (nSPS) is 25.3. The Morgan fingerprint density at radius 1 is 1.43 bits per heavy atom. The summed E-state index contributed by atoms with van der Waals surface area (Å²) in [5.74, 6) is 0. The van der Waals surface area contributed by atoms with Crippen LogP contribution in [0.4, 0.5) is 4.79 Å². The highest BCUT2D eigenvalue weighted by molar-refractivity contribution is 5.77. The predicted molar refractivity (Wildman–Crippen MR) is 80.7 cm³/mol. The van der Waals surface area contributed by atoms with Gasteiger partial charge < -0.3 is 16.0 Å². The van der Waals surface area contributed by atoms with Crippen LogP contribution in [0.5, 0.6) is 0 Å². The third-order valence-corrected chi connectivity index (χ3v) is 4.58. The molecule has 0 aromatic carbocycles. The molecule has 21 heavy (non-hydrogen) atoms. The van der Waals surface area contributed by atoms with Crippen molar-refractivity contribution in [2.45, 2.75) is 31.5 Å². The molecule has 2 aliphatic heterocycles. The van der Waals surface area contributed by atoms with Gasteiger partial charge in [-0.15, -0.1) is 0 Å². The lowest BCUT2D eigenvalue weighted by Crippen LogP contribution is -2.55. The highest BCUT2D eigenvalue weighted by Crippen LogP contribution is 2.28. The number of nitrogens with two attached hydrogens (primary N) is 1. The van der Waals surface area contributed by atoms with Crippen molar-refractivity contribution in [1.82, 2.24) is 20.1 Å². The molecule has 3 atom stereocenters. The number of piperazine rings is 1. The zero-order valence-electron chi connectivity index (χ0n) is 12.4. The predicted octanol–water partition coefficient (Wildman–Crippen LogP) is 0.569. The molecule has 6 nitrogen and oxygen atoms in total. The number of carbonyl (C=O) groups is 1. The minimum Gasteiger partial charge on any atom is -0.336 e. The Labute approximate surface area is 125 Å². The minimum atomic E-state index is 0.0694. The lowest BCUT2D eigenvalue weighted by molar-refractivity contribution is 0.0765. The van der Waals surface area contributed by atoms with Crippen molar-refractivity contribution in [3.05, 3.63) is 30.1 Å². The van der Waals surface area contributed by atoms with Gasteiger partial charge in [0.05, 0.1) is 12.1 Å². The molecule has 3 heterocycles. The molecule has 6 heteroatoms. The van der Waals surface area contributed by atoms with Crippen molar-refractivity contribution in [3.8, 4) is 0 Å². The lowest BCUT2D eigenvalue weighted by Gasteiger charge is -2.42. The number of urea groups is 1. The van der Waals surface area contributed by atoms with Gasteiger partial charge in [-0.25, -0.2) is 4.79 Å². The van der Waals surface area contributed by atoms with E-state index < -0.39 is 0 Å². The van der Waals surface area contributed by atoms with Crippen LogP contribution in [0.25, 0.3) is 0 Å². The van der Waals surface area contributed by atoms with Crippen LogP contribution in [0.15, 0.2) is 24.5 Å². The van der Waals surface area contributed by atoms with Gasteiger partial charge in [0.15, 0.2) is 0 Å². The second-order valence-electron chi connectivity index (χ2n) is 5.83. The second-order valence-corrected chi connectivity index (χ2v) is 5.83. The fraction of sp³-hybridized carbons (Fsp3) is 0.600. The molecule has 0 saturated carbocycles. The lowest BCUT2D eigenvalue weighted by atomic mass is 9.95. The monoisotopic (exact) mass is 289 g/mol. The van der Waals surface area contributed by atoms with Gasteiger partial charge >= 0.3 is 6.03 Å². The molecule has 0 aliphatic carbocycles. The van der Waals surface area contributed by atoms with Crippen molar-refractivity contribution in [3.63, 3.8) is 0 Å². The molecule has 0 radical (unpaired) electrons. The molecule has 0 bridgehead atoms. The number of aromatic nitrogens is 1. The molecule has 3 N–H and O–H groups in total. The molecular formula is C15H23N5O. The van der Waals surface area contributed by atoms with Crippen molar-refractivity contribution >= 4 is 6.03 Å². The summed E-state index contributed by atoms with van der Waals surface area (Å²) < 4.78 is 0. The molecule has 3 rings (SSSR count). The van der Waals surface area contributed by atoms with E-state index >= 15 is 0 Å². The summed E-state index contributed by atoms with van der Waals surface area (Å²) in [6, 6.07) is 4.70. The molecule has 2 fully saturated rings. The standard InChI is InChI=1S/C15H23N5O/c1-2-13(16)14(11-3-5-17-6-4-11)19-7-8-20-12(10-19)9-18-15(20)21/h3-6,12-14H,2,7-10,16H2,1H3,(H,18,21). The average Bonchev–Trinajstić information content (AvgIpc) is 2.89. The average molecular weight is 289 g/mol. The molecule has 3 unspecified atom stereocenters. The Morgan fingerprint density at radius 3 is 2.90 bits per heavy atom.